The Kier molecular flexibility index (Phi) is 21.3. The van der Waals surface area contributed by atoms with Crippen molar-refractivity contribution in [3.05, 3.63) is 153 Å². The number of halogens is 6. The van der Waals surface area contributed by atoms with Crippen molar-refractivity contribution in [3.63, 3.8) is 0 Å². The zero-order valence-corrected chi connectivity index (χ0v) is 48.5. The molecule has 12 nitrogen and oxygen atoms in total. The Balaban J connectivity index is 1.18. The maximum Gasteiger partial charge on any atom is 0.418 e. The summed E-state index contributed by atoms with van der Waals surface area (Å²) in [6, 6.07) is 15.9. The summed E-state index contributed by atoms with van der Waals surface area (Å²) in [7, 11) is 0. The molecule has 0 saturated carbocycles. The first kappa shape index (κ1) is 65.7. The van der Waals surface area contributed by atoms with Gasteiger partial charge in [0.2, 0.25) is 11.8 Å². The topological polar surface area (TPSA) is 114 Å². The van der Waals surface area contributed by atoms with Crippen LogP contribution in [0.1, 0.15) is 65.5 Å². The summed E-state index contributed by atoms with van der Waals surface area (Å²) in [6.45, 7) is -2.27. The van der Waals surface area contributed by atoms with Gasteiger partial charge in [-0.15, -0.1) is 51.4 Å². The van der Waals surface area contributed by atoms with Gasteiger partial charge in [-0.3, -0.25) is 9.59 Å². The minimum absolute atomic E-state index is 0.0295. The van der Waals surface area contributed by atoms with Crippen molar-refractivity contribution in [2.75, 3.05) is 75.7 Å². The molecule has 18 heteroatoms. The summed E-state index contributed by atoms with van der Waals surface area (Å²) in [5.74, 6) is 18.0. The molecule has 0 fully saturated rings. The van der Waals surface area contributed by atoms with E-state index in [0.29, 0.717) is 0 Å². The number of benzene rings is 4. The molecule has 90 heavy (non-hydrogen) atoms. The number of allylic oxidation sites excluding steroid dienone is 2. The molecule has 8 rings (SSSR count). The van der Waals surface area contributed by atoms with Crippen LogP contribution in [0.5, 0.6) is 23.0 Å². The molecular formula is C72H58F6N2O10. The Morgan fingerprint density at radius 3 is 1.37 bits per heavy atom. The first-order valence-electron chi connectivity index (χ1n) is 28.1. The number of alkyl halides is 6. The monoisotopic (exact) mass is 1220 g/mol. The van der Waals surface area contributed by atoms with E-state index in [1.54, 1.807) is 24.3 Å². The number of nitrogens with zero attached hydrogens (tertiary/aromatic N) is 2. The summed E-state index contributed by atoms with van der Waals surface area (Å²) < 4.78 is 140. The molecule has 0 saturated heterocycles. The van der Waals surface area contributed by atoms with Gasteiger partial charge in [-0.05, 0) is 90.1 Å². The summed E-state index contributed by atoms with van der Waals surface area (Å²) in [6.07, 6.45) is 40.3. The van der Waals surface area contributed by atoms with Crippen LogP contribution in [0.4, 0.5) is 37.7 Å². The minimum atomic E-state index is -4.99. The lowest BCUT2D eigenvalue weighted by molar-refractivity contribution is -0.138. The van der Waals surface area contributed by atoms with Crippen LogP contribution < -0.4 is 28.7 Å². The Morgan fingerprint density at radius 1 is 0.489 bits per heavy atom. The Morgan fingerprint density at radius 2 is 0.911 bits per heavy atom. The second-order valence-electron chi connectivity index (χ2n) is 20.4. The van der Waals surface area contributed by atoms with E-state index in [2.05, 4.69) is 47.4 Å². The zero-order chi connectivity index (χ0) is 64.6. The molecule has 4 aliphatic rings. The van der Waals surface area contributed by atoms with Gasteiger partial charge in [0.05, 0.1) is 22.5 Å². The fourth-order valence-electron chi connectivity index (χ4n) is 11.7. The Labute approximate surface area is 519 Å². The van der Waals surface area contributed by atoms with Crippen LogP contribution in [0.3, 0.4) is 0 Å². The van der Waals surface area contributed by atoms with E-state index in [4.69, 9.17) is 89.3 Å². The number of unbranched alkanes of at least 4 members (excludes halogenated alkanes) is 3. The van der Waals surface area contributed by atoms with Crippen LogP contribution in [0.15, 0.2) is 120 Å². The van der Waals surface area contributed by atoms with Gasteiger partial charge in [0.1, 0.15) is 87.8 Å². The third-order valence-corrected chi connectivity index (χ3v) is 15.2. The Hall–Kier alpha value is -10.3. The van der Waals surface area contributed by atoms with Crippen LogP contribution in [-0.2, 0) is 51.7 Å². The van der Waals surface area contributed by atoms with Gasteiger partial charge in [-0.2, -0.15) is 26.3 Å². The second kappa shape index (κ2) is 29.1. The highest BCUT2D eigenvalue weighted by Crippen LogP contribution is 2.58. The van der Waals surface area contributed by atoms with E-state index in [0.717, 1.165) is 21.9 Å². The highest BCUT2D eigenvalue weighted by Gasteiger charge is 2.59. The summed E-state index contributed by atoms with van der Waals surface area (Å²) in [5.41, 5.74) is -6.62. The third kappa shape index (κ3) is 13.1. The van der Waals surface area contributed by atoms with Crippen molar-refractivity contribution < 1.29 is 73.8 Å². The van der Waals surface area contributed by atoms with E-state index in [1.807, 2.05) is 0 Å². The maximum atomic E-state index is 16.0. The lowest BCUT2D eigenvalue weighted by Gasteiger charge is -2.35. The average molecular weight is 1230 g/mol. The quantitative estimate of drug-likeness (QED) is 0.0325. The molecule has 4 aromatic carbocycles. The molecule has 0 spiro atoms. The van der Waals surface area contributed by atoms with Gasteiger partial charge in [-0.1, -0.05) is 115 Å². The first-order valence-corrected chi connectivity index (χ1v) is 28.1. The standard InChI is InChI=1S/C72H58F6N2O10/c1-9-37-83-57-31-27-49(45-61(57)87-41-13-5)69(50-28-32-58(84-38-10-2)62(46-50)88-42-14-6)53-23-21-25-55(71(73,74)75)65(53)79(67(69)81)35-19-17-18-20-36-80-66-54(24-22-26-56(66)72(76,77)78)70(68(80)82,51-29-33-59(85-39-11-3)63(47-51)89-43-15-7)52-30-34-60(86-40-12-4)64(48-52)90-44-16-8/h1-8,21-33,45-48,57,60-61H,17-20,34-44H2. The molecule has 2 heterocycles. The predicted octanol–water partition coefficient (Wildman–Crippen LogP) is 10.7. The number of fused-ring (bicyclic) bond motifs is 2. The molecule has 0 N–H and O–H groups in total. The van der Waals surface area contributed by atoms with E-state index in [-0.39, 0.29) is 160 Å². The van der Waals surface area contributed by atoms with Crippen molar-refractivity contribution >= 4 is 23.2 Å². The van der Waals surface area contributed by atoms with Crippen LogP contribution in [-0.4, -0.2) is 96.1 Å². The molecule has 2 aliphatic heterocycles. The molecule has 0 bridgehead atoms. The molecule has 2 aliphatic carbocycles. The maximum absolute atomic E-state index is 16.0. The molecule has 458 valence electrons. The summed E-state index contributed by atoms with van der Waals surface area (Å²) in [4.78, 5) is 34.1. The number of ether oxygens (including phenoxy) is 8. The van der Waals surface area contributed by atoms with Crippen molar-refractivity contribution in [2.45, 2.75) is 73.6 Å². The molecule has 5 unspecified atom stereocenters. The van der Waals surface area contributed by atoms with Crippen molar-refractivity contribution in [1.29, 1.82) is 0 Å². The van der Waals surface area contributed by atoms with Gasteiger partial charge < -0.3 is 47.7 Å². The summed E-state index contributed by atoms with van der Waals surface area (Å²) >= 11 is 0. The largest absolute Gasteiger partial charge is 0.483 e. The van der Waals surface area contributed by atoms with Crippen molar-refractivity contribution in [3.8, 4) is 122 Å². The number of terminal acetylenes is 8. The number of para-hydroxylation sites is 2. The number of carbonyl (C=O) groups is 2. The van der Waals surface area contributed by atoms with E-state index >= 15 is 35.9 Å². The van der Waals surface area contributed by atoms with Crippen LogP contribution >= 0.6 is 0 Å². The fourth-order valence-corrected chi connectivity index (χ4v) is 11.7. The molecular weight excluding hydrogens is 1170 g/mol. The molecule has 4 aromatic rings. The highest BCUT2D eigenvalue weighted by molar-refractivity contribution is 6.15. The number of hydrogen-bond donors (Lipinski definition) is 0. The van der Waals surface area contributed by atoms with Gasteiger partial charge in [0, 0.05) is 24.2 Å². The highest BCUT2D eigenvalue weighted by atomic mass is 19.4. The fraction of sp³-hybridized carbons (Fsp3) is 0.306. The van der Waals surface area contributed by atoms with E-state index in [1.165, 1.54) is 66.7 Å². The molecule has 0 aromatic heterocycles. The smallest absolute Gasteiger partial charge is 0.418 e. The number of carbonyl (C=O) groups excluding carboxylic acids is 2. The number of rotatable bonds is 27. The third-order valence-electron chi connectivity index (χ3n) is 15.2. The average Bonchev–Trinajstić information content (AvgIpc) is 1.53. The zero-order valence-electron chi connectivity index (χ0n) is 48.5. The lowest BCUT2D eigenvalue weighted by atomic mass is 9.68. The molecule has 5 atom stereocenters. The van der Waals surface area contributed by atoms with Gasteiger partial charge >= 0.3 is 12.4 Å². The Bertz CT molecular complexity index is 3680. The normalized spacial score (nSPS) is 19.8. The second-order valence-corrected chi connectivity index (χ2v) is 20.4. The molecule has 0 radical (unpaired) electrons. The number of hydrogen-bond acceptors (Lipinski definition) is 10. The lowest BCUT2D eigenvalue weighted by Crippen LogP contribution is -2.44. The van der Waals surface area contributed by atoms with E-state index < -0.39 is 75.8 Å². The predicted molar refractivity (Wildman–Crippen MR) is 326 cm³/mol. The first-order chi connectivity index (χ1) is 43.4. The van der Waals surface area contributed by atoms with Crippen molar-refractivity contribution in [2.24, 2.45) is 0 Å². The SMILES string of the molecule is C#CCOC1=CC(C2(c3ccc(OCC#C)c(OCC#C)c3)C(=O)N(CCCCCCN3C(=O)C(C4=CC(OCC#C)C(OCC#C)C=C4)(c4ccc(OCC#C)c(OCC#C)c4)c4cccc(C(F)(F)F)c43)c3c(C(F)(F)F)cccc32)=CCC1OCC#C. The van der Waals surface area contributed by atoms with Crippen LogP contribution in [0.25, 0.3) is 0 Å². The molecule has 2 amide bonds. The minimum Gasteiger partial charge on any atom is -0.483 e. The van der Waals surface area contributed by atoms with Gasteiger partial charge in [0.25, 0.3) is 0 Å². The van der Waals surface area contributed by atoms with Gasteiger partial charge in [-0.25, -0.2) is 0 Å². The van der Waals surface area contributed by atoms with Crippen molar-refractivity contribution in [1.82, 2.24) is 0 Å². The number of anilines is 2. The van der Waals surface area contributed by atoms with Gasteiger partial charge in [0.15, 0.2) is 23.0 Å². The number of amides is 2. The van der Waals surface area contributed by atoms with Crippen LogP contribution in [0.2, 0.25) is 0 Å². The summed E-state index contributed by atoms with van der Waals surface area (Å²) in [5, 5.41) is 0. The van der Waals surface area contributed by atoms with E-state index in [9.17, 15) is 0 Å². The van der Waals surface area contributed by atoms with Crippen LogP contribution in [0, 0.1) is 98.8 Å².